The van der Waals surface area contributed by atoms with Gasteiger partial charge in [0.25, 0.3) is 5.91 Å². The largest absolute Gasteiger partial charge is 0.324 e. The Bertz CT molecular complexity index is 640. The fourth-order valence-electron chi connectivity index (χ4n) is 1.76. The van der Waals surface area contributed by atoms with Gasteiger partial charge >= 0.3 is 0 Å². The van der Waals surface area contributed by atoms with Crippen LogP contribution in [0.1, 0.15) is 5.56 Å². The molecule has 0 saturated carbocycles. The van der Waals surface area contributed by atoms with E-state index in [4.69, 9.17) is 12.2 Å². The minimum Gasteiger partial charge on any atom is -0.324 e. The lowest BCUT2D eigenvalue weighted by molar-refractivity contribution is -0.115. The van der Waals surface area contributed by atoms with E-state index in [9.17, 15) is 9.59 Å². The van der Waals surface area contributed by atoms with Crippen molar-refractivity contribution in [2.45, 2.75) is 4.90 Å². The van der Waals surface area contributed by atoms with E-state index in [1.807, 2.05) is 18.2 Å². The molecule has 1 aromatic carbocycles. The van der Waals surface area contributed by atoms with Gasteiger partial charge in [-0.2, -0.15) is 0 Å². The van der Waals surface area contributed by atoms with Gasteiger partial charge in [-0.25, -0.2) is 0 Å². The molecular weight excluding hydrogens is 300 g/mol. The molecule has 1 saturated heterocycles. The zero-order chi connectivity index (χ0) is 13.4. The van der Waals surface area contributed by atoms with Crippen LogP contribution in [0.3, 0.4) is 0 Å². The van der Waals surface area contributed by atoms with Crippen molar-refractivity contribution in [1.29, 1.82) is 0 Å². The van der Waals surface area contributed by atoms with Gasteiger partial charge < -0.3 is 10.6 Å². The number of nitrogens with one attached hydrogen (secondary N) is 2. The second-order valence-electron chi connectivity index (χ2n) is 3.94. The Hall–Kier alpha value is -1.31. The predicted octanol–water partition coefficient (Wildman–Crippen LogP) is 2.22. The van der Waals surface area contributed by atoms with E-state index in [0.29, 0.717) is 15.0 Å². The van der Waals surface area contributed by atoms with Crippen LogP contribution in [-0.4, -0.2) is 21.9 Å². The van der Waals surface area contributed by atoms with E-state index in [-0.39, 0.29) is 11.8 Å². The van der Waals surface area contributed by atoms with Crippen LogP contribution in [0.2, 0.25) is 0 Å². The average molecular weight is 308 g/mol. The van der Waals surface area contributed by atoms with Crippen molar-refractivity contribution in [2.24, 2.45) is 0 Å². The average Bonchev–Trinajstić information content (AvgIpc) is 2.67. The number of anilines is 1. The molecule has 1 aromatic rings. The number of carbonyl (C=O) groups excluding carboxylic acids is 2. The molecule has 0 atom stereocenters. The Kier molecular flexibility index (Phi) is 3.34. The summed E-state index contributed by atoms with van der Waals surface area (Å²) in [7, 11) is 0. The number of thioether (sulfide) groups is 2. The first-order chi connectivity index (χ1) is 9.11. The first kappa shape index (κ1) is 12.7. The van der Waals surface area contributed by atoms with Gasteiger partial charge in [-0.3, -0.25) is 9.59 Å². The molecule has 0 aliphatic carbocycles. The lowest BCUT2D eigenvalue weighted by atomic mass is 10.2. The molecule has 0 unspecified atom stereocenters. The Morgan fingerprint density at radius 3 is 2.84 bits per heavy atom. The van der Waals surface area contributed by atoms with Crippen LogP contribution in [0, 0.1) is 0 Å². The van der Waals surface area contributed by atoms with Gasteiger partial charge in [0.15, 0.2) is 0 Å². The number of benzene rings is 1. The lowest BCUT2D eigenvalue weighted by Crippen LogP contribution is -2.18. The van der Waals surface area contributed by atoms with Gasteiger partial charge in [-0.15, -0.1) is 11.8 Å². The van der Waals surface area contributed by atoms with Crippen molar-refractivity contribution in [1.82, 2.24) is 5.32 Å². The van der Waals surface area contributed by atoms with Crippen LogP contribution in [-0.2, 0) is 9.59 Å². The van der Waals surface area contributed by atoms with E-state index in [2.05, 4.69) is 10.6 Å². The van der Waals surface area contributed by atoms with E-state index in [1.165, 1.54) is 23.5 Å². The summed E-state index contributed by atoms with van der Waals surface area (Å²) in [4.78, 5) is 24.5. The van der Waals surface area contributed by atoms with Gasteiger partial charge in [-0.05, 0) is 23.8 Å². The molecule has 3 rings (SSSR count). The molecule has 2 heterocycles. The molecule has 2 aliphatic rings. The number of hydrogen-bond donors (Lipinski definition) is 2. The van der Waals surface area contributed by atoms with E-state index in [0.717, 1.165) is 16.1 Å². The summed E-state index contributed by atoms with van der Waals surface area (Å²) in [6.45, 7) is 0. The quantitative estimate of drug-likeness (QED) is 0.615. The minimum absolute atomic E-state index is 0.00327. The maximum atomic E-state index is 11.6. The fourth-order valence-corrected chi connectivity index (χ4v) is 3.60. The maximum absolute atomic E-state index is 11.6. The van der Waals surface area contributed by atoms with Crippen LogP contribution >= 0.6 is 35.7 Å². The normalized spacial score (nSPS) is 20.2. The smallest absolute Gasteiger partial charge is 0.263 e. The van der Waals surface area contributed by atoms with Crippen LogP contribution in [0.5, 0.6) is 0 Å². The van der Waals surface area contributed by atoms with E-state index in [1.54, 1.807) is 6.08 Å². The summed E-state index contributed by atoms with van der Waals surface area (Å²) in [5.41, 5.74) is 1.66. The molecule has 0 bridgehead atoms. The Labute approximate surface area is 123 Å². The van der Waals surface area contributed by atoms with Crippen LogP contribution in [0.25, 0.3) is 6.08 Å². The molecule has 2 aliphatic heterocycles. The molecular formula is C12H8N2O2S3. The number of rotatable bonds is 1. The van der Waals surface area contributed by atoms with Gasteiger partial charge in [0.2, 0.25) is 5.91 Å². The molecule has 0 radical (unpaired) electrons. The number of hydrogen-bond acceptors (Lipinski definition) is 5. The SMILES string of the molecule is O=C1CSc2ccc(C=C3SC(=S)NC3=O)cc2N1. The second-order valence-corrected chi connectivity index (χ2v) is 6.68. The van der Waals surface area contributed by atoms with Gasteiger partial charge in [-0.1, -0.05) is 30.0 Å². The summed E-state index contributed by atoms with van der Waals surface area (Å²) >= 11 is 7.69. The van der Waals surface area contributed by atoms with Crippen LogP contribution < -0.4 is 10.6 Å². The first-order valence-electron chi connectivity index (χ1n) is 5.43. The third-order valence-electron chi connectivity index (χ3n) is 2.58. The zero-order valence-corrected chi connectivity index (χ0v) is 12.0. The van der Waals surface area contributed by atoms with Crippen molar-refractivity contribution in [2.75, 3.05) is 11.1 Å². The minimum atomic E-state index is -0.175. The molecule has 96 valence electrons. The Morgan fingerprint density at radius 2 is 2.11 bits per heavy atom. The molecule has 2 amide bonds. The molecule has 7 heteroatoms. The number of carbonyl (C=O) groups is 2. The highest BCUT2D eigenvalue weighted by Crippen LogP contribution is 2.33. The van der Waals surface area contributed by atoms with Crippen molar-refractivity contribution in [3.8, 4) is 0 Å². The third-order valence-corrected chi connectivity index (χ3v) is 4.81. The summed E-state index contributed by atoms with van der Waals surface area (Å²) in [5.74, 6) is 0.266. The molecule has 2 N–H and O–H groups in total. The maximum Gasteiger partial charge on any atom is 0.263 e. The molecule has 4 nitrogen and oxygen atoms in total. The molecule has 0 aromatic heterocycles. The fraction of sp³-hybridized carbons (Fsp3) is 0.0833. The summed E-state index contributed by atoms with van der Waals surface area (Å²) in [6, 6.07) is 5.73. The summed E-state index contributed by atoms with van der Waals surface area (Å²) < 4.78 is 0.470. The Morgan fingerprint density at radius 1 is 1.26 bits per heavy atom. The topological polar surface area (TPSA) is 58.2 Å². The van der Waals surface area contributed by atoms with Gasteiger partial charge in [0.1, 0.15) is 4.32 Å². The van der Waals surface area contributed by atoms with Gasteiger partial charge in [0, 0.05) is 4.90 Å². The highest BCUT2D eigenvalue weighted by molar-refractivity contribution is 8.26. The number of thiocarbonyl (C=S) groups is 1. The monoisotopic (exact) mass is 308 g/mol. The van der Waals surface area contributed by atoms with Crippen LogP contribution in [0.15, 0.2) is 28.0 Å². The first-order valence-corrected chi connectivity index (χ1v) is 7.64. The highest BCUT2D eigenvalue weighted by Gasteiger charge is 2.22. The number of fused-ring (bicyclic) bond motifs is 1. The third kappa shape index (κ3) is 2.68. The van der Waals surface area contributed by atoms with Crippen molar-refractivity contribution >= 4 is 63.6 Å². The predicted molar refractivity (Wildman–Crippen MR) is 82.1 cm³/mol. The van der Waals surface area contributed by atoms with Gasteiger partial charge in [0.05, 0.1) is 16.3 Å². The van der Waals surface area contributed by atoms with Crippen molar-refractivity contribution in [3.05, 3.63) is 28.7 Å². The van der Waals surface area contributed by atoms with Crippen molar-refractivity contribution in [3.63, 3.8) is 0 Å². The van der Waals surface area contributed by atoms with Crippen molar-refractivity contribution < 1.29 is 9.59 Å². The van der Waals surface area contributed by atoms with Crippen LogP contribution in [0.4, 0.5) is 5.69 Å². The standard InChI is InChI=1S/C12H8N2O2S3/c15-10-5-18-8-2-1-6(3-7(8)13-10)4-9-11(16)14-12(17)19-9/h1-4H,5H2,(H,13,15)(H,14,16,17). The van der Waals surface area contributed by atoms with E-state index < -0.39 is 0 Å². The zero-order valence-electron chi connectivity index (χ0n) is 9.56. The van der Waals surface area contributed by atoms with E-state index >= 15 is 0 Å². The second kappa shape index (κ2) is 4.99. The molecule has 19 heavy (non-hydrogen) atoms. The summed E-state index contributed by atoms with van der Waals surface area (Å²) in [6.07, 6.45) is 1.77. The highest BCUT2D eigenvalue weighted by atomic mass is 32.2. The lowest BCUT2D eigenvalue weighted by Gasteiger charge is -2.16. The molecule has 1 fully saturated rings. The Balaban J connectivity index is 1.92. The number of amides is 2. The molecule has 0 spiro atoms. The summed E-state index contributed by atoms with van der Waals surface area (Å²) in [5, 5.41) is 5.39.